The fourth-order valence-corrected chi connectivity index (χ4v) is 2.96. The molecular weight excluding hydrogens is 284 g/mol. The molecule has 1 aromatic carbocycles. The second-order valence-electron chi connectivity index (χ2n) is 5.51. The highest BCUT2D eigenvalue weighted by Crippen LogP contribution is 2.33. The number of nitrogens with zero attached hydrogens (tertiary/aromatic N) is 1. The van der Waals surface area contributed by atoms with Crippen molar-refractivity contribution in [3.63, 3.8) is 0 Å². The lowest BCUT2D eigenvalue weighted by atomic mass is 9.95. The Morgan fingerprint density at radius 3 is 2.81 bits per heavy atom. The third-order valence-corrected chi connectivity index (χ3v) is 4.15. The molecule has 0 radical (unpaired) electrons. The number of pyridine rings is 1. The maximum Gasteiger partial charge on any atom is 0.224 e. The lowest BCUT2D eigenvalue weighted by molar-refractivity contribution is 0.451. The van der Waals surface area contributed by atoms with Crippen LogP contribution in [0.15, 0.2) is 24.3 Å². The van der Waals surface area contributed by atoms with E-state index in [1.165, 1.54) is 18.4 Å². The molecular formula is C17H19ClN2O. The lowest BCUT2D eigenvalue weighted by Gasteiger charge is -2.18. The molecule has 1 aliphatic carbocycles. The number of ether oxygens (including phenoxy) is 1. The van der Waals surface area contributed by atoms with Gasteiger partial charge in [-0.25, -0.2) is 4.98 Å². The van der Waals surface area contributed by atoms with Gasteiger partial charge in [-0.05, 0) is 61.9 Å². The van der Waals surface area contributed by atoms with Gasteiger partial charge in [-0.1, -0.05) is 17.7 Å². The third-order valence-electron chi connectivity index (χ3n) is 3.85. The van der Waals surface area contributed by atoms with Gasteiger partial charge in [-0.15, -0.1) is 0 Å². The standard InChI is InChI=1S/C17H19ClN2O/c1-11-6-7-16(14(18)8-11)21-17-13(10-19)9-12-4-2-3-5-15(12)20-17/h6-9H,2-5,10,19H2,1H3. The zero-order valence-electron chi connectivity index (χ0n) is 12.2. The van der Waals surface area contributed by atoms with E-state index >= 15 is 0 Å². The van der Waals surface area contributed by atoms with Gasteiger partial charge in [0.2, 0.25) is 5.88 Å². The fraction of sp³-hybridized carbons (Fsp3) is 0.353. The summed E-state index contributed by atoms with van der Waals surface area (Å²) in [7, 11) is 0. The number of benzene rings is 1. The highest BCUT2D eigenvalue weighted by Gasteiger charge is 2.16. The Labute approximate surface area is 130 Å². The minimum Gasteiger partial charge on any atom is -0.437 e. The minimum absolute atomic E-state index is 0.416. The number of halogens is 1. The zero-order valence-corrected chi connectivity index (χ0v) is 12.9. The molecule has 2 aromatic rings. The molecule has 0 fully saturated rings. The second kappa shape index (κ2) is 6.04. The van der Waals surface area contributed by atoms with Gasteiger partial charge in [0.05, 0.1) is 5.02 Å². The summed E-state index contributed by atoms with van der Waals surface area (Å²) in [5, 5.41) is 0.595. The van der Waals surface area contributed by atoms with Gasteiger partial charge in [0, 0.05) is 17.8 Å². The molecule has 1 aromatic heterocycles. The maximum absolute atomic E-state index is 6.23. The van der Waals surface area contributed by atoms with Crippen LogP contribution < -0.4 is 10.5 Å². The van der Waals surface area contributed by atoms with Crippen LogP contribution in [-0.2, 0) is 19.4 Å². The molecule has 21 heavy (non-hydrogen) atoms. The Kier molecular flexibility index (Phi) is 4.13. The maximum atomic E-state index is 6.23. The number of aryl methyl sites for hydroxylation is 3. The van der Waals surface area contributed by atoms with Crippen LogP contribution in [0.25, 0.3) is 0 Å². The van der Waals surface area contributed by atoms with Crippen molar-refractivity contribution in [3.05, 3.63) is 51.7 Å². The zero-order chi connectivity index (χ0) is 14.8. The first kappa shape index (κ1) is 14.4. The van der Waals surface area contributed by atoms with Crippen LogP contribution in [-0.4, -0.2) is 4.98 Å². The van der Waals surface area contributed by atoms with Crippen LogP contribution in [0, 0.1) is 6.92 Å². The van der Waals surface area contributed by atoms with Crippen LogP contribution >= 0.6 is 11.6 Å². The Balaban J connectivity index is 1.97. The first-order valence-electron chi connectivity index (χ1n) is 7.33. The molecule has 110 valence electrons. The van der Waals surface area contributed by atoms with Gasteiger partial charge >= 0.3 is 0 Å². The first-order chi connectivity index (χ1) is 10.2. The number of aromatic nitrogens is 1. The van der Waals surface area contributed by atoms with Crippen molar-refractivity contribution in [1.82, 2.24) is 4.98 Å². The summed E-state index contributed by atoms with van der Waals surface area (Å²) in [4.78, 5) is 4.68. The molecule has 1 heterocycles. The van der Waals surface area contributed by atoms with Gasteiger partial charge in [0.1, 0.15) is 5.75 Å². The molecule has 0 aliphatic heterocycles. The van der Waals surface area contributed by atoms with Crippen LogP contribution in [0.5, 0.6) is 11.6 Å². The largest absolute Gasteiger partial charge is 0.437 e. The Bertz CT molecular complexity index is 670. The van der Waals surface area contributed by atoms with E-state index in [1.54, 1.807) is 0 Å². The molecule has 3 nitrogen and oxygen atoms in total. The molecule has 0 saturated heterocycles. The Morgan fingerprint density at radius 1 is 1.24 bits per heavy atom. The summed E-state index contributed by atoms with van der Waals surface area (Å²) >= 11 is 6.23. The van der Waals surface area contributed by atoms with Gasteiger partial charge < -0.3 is 10.5 Å². The monoisotopic (exact) mass is 302 g/mol. The van der Waals surface area contributed by atoms with Crippen molar-refractivity contribution >= 4 is 11.6 Å². The Hall–Kier alpha value is -1.58. The van der Waals surface area contributed by atoms with Gasteiger partial charge in [0.25, 0.3) is 0 Å². The fourth-order valence-electron chi connectivity index (χ4n) is 2.69. The minimum atomic E-state index is 0.416. The lowest BCUT2D eigenvalue weighted by Crippen LogP contribution is -2.10. The SMILES string of the molecule is Cc1ccc(Oc2nc3c(cc2CN)CCCC3)c(Cl)c1. The van der Waals surface area contributed by atoms with Crippen molar-refractivity contribution in [2.24, 2.45) is 5.73 Å². The van der Waals surface area contributed by atoms with E-state index in [4.69, 9.17) is 22.1 Å². The molecule has 3 rings (SSSR count). The van der Waals surface area contributed by atoms with E-state index < -0.39 is 0 Å². The molecule has 2 N–H and O–H groups in total. The van der Waals surface area contributed by atoms with Crippen molar-refractivity contribution in [2.45, 2.75) is 39.2 Å². The van der Waals surface area contributed by atoms with Crippen LogP contribution in [0.3, 0.4) is 0 Å². The number of hydrogen-bond acceptors (Lipinski definition) is 3. The summed E-state index contributed by atoms with van der Waals surface area (Å²) in [6, 6.07) is 7.87. The van der Waals surface area contributed by atoms with Crippen molar-refractivity contribution in [1.29, 1.82) is 0 Å². The summed E-state index contributed by atoms with van der Waals surface area (Å²) < 4.78 is 5.93. The third kappa shape index (κ3) is 3.04. The average molecular weight is 303 g/mol. The number of rotatable bonds is 3. The molecule has 0 atom stereocenters. The van der Waals surface area contributed by atoms with Gasteiger partial charge in [-0.3, -0.25) is 0 Å². The van der Waals surface area contributed by atoms with E-state index in [0.29, 0.717) is 23.2 Å². The first-order valence-corrected chi connectivity index (χ1v) is 7.71. The van der Waals surface area contributed by atoms with E-state index in [0.717, 1.165) is 29.7 Å². The predicted octanol–water partition coefficient (Wildman–Crippen LogP) is 4.17. The van der Waals surface area contributed by atoms with E-state index in [9.17, 15) is 0 Å². The topological polar surface area (TPSA) is 48.1 Å². The molecule has 1 aliphatic rings. The van der Waals surface area contributed by atoms with Crippen LogP contribution in [0.1, 0.15) is 35.2 Å². The summed E-state index contributed by atoms with van der Waals surface area (Å²) in [6.45, 7) is 2.41. The quantitative estimate of drug-likeness (QED) is 0.925. The van der Waals surface area contributed by atoms with Gasteiger partial charge in [0.15, 0.2) is 0 Å². The second-order valence-corrected chi connectivity index (χ2v) is 5.91. The summed E-state index contributed by atoms with van der Waals surface area (Å²) in [6.07, 6.45) is 4.51. The van der Waals surface area contributed by atoms with E-state index in [2.05, 4.69) is 11.1 Å². The van der Waals surface area contributed by atoms with Crippen molar-refractivity contribution in [3.8, 4) is 11.6 Å². The van der Waals surface area contributed by atoms with Crippen molar-refractivity contribution < 1.29 is 4.74 Å². The molecule has 0 bridgehead atoms. The van der Waals surface area contributed by atoms with E-state index in [1.807, 2.05) is 25.1 Å². The van der Waals surface area contributed by atoms with Crippen LogP contribution in [0.4, 0.5) is 0 Å². The van der Waals surface area contributed by atoms with E-state index in [-0.39, 0.29) is 0 Å². The smallest absolute Gasteiger partial charge is 0.224 e. The Morgan fingerprint density at radius 2 is 2.05 bits per heavy atom. The normalized spacial score (nSPS) is 13.9. The van der Waals surface area contributed by atoms with Crippen LogP contribution in [0.2, 0.25) is 5.02 Å². The highest BCUT2D eigenvalue weighted by atomic mass is 35.5. The molecule has 0 saturated carbocycles. The van der Waals surface area contributed by atoms with Crippen molar-refractivity contribution in [2.75, 3.05) is 0 Å². The summed E-state index contributed by atoms with van der Waals surface area (Å²) in [5.74, 6) is 1.21. The number of hydrogen-bond donors (Lipinski definition) is 1. The molecule has 0 amide bonds. The van der Waals surface area contributed by atoms with Gasteiger partial charge in [-0.2, -0.15) is 0 Å². The highest BCUT2D eigenvalue weighted by molar-refractivity contribution is 6.32. The number of fused-ring (bicyclic) bond motifs is 1. The molecule has 0 spiro atoms. The predicted molar refractivity (Wildman–Crippen MR) is 85.0 cm³/mol. The number of nitrogens with two attached hydrogens (primary N) is 1. The summed E-state index contributed by atoms with van der Waals surface area (Å²) in [5.41, 5.74) is 10.3. The molecule has 0 unspecified atom stereocenters. The average Bonchev–Trinajstić information content (AvgIpc) is 2.49. The molecule has 4 heteroatoms.